The summed E-state index contributed by atoms with van der Waals surface area (Å²) in [6.07, 6.45) is 6.73. The summed E-state index contributed by atoms with van der Waals surface area (Å²) < 4.78 is 0. The lowest BCUT2D eigenvalue weighted by Crippen LogP contribution is -2.24. The van der Waals surface area contributed by atoms with Gasteiger partial charge < -0.3 is 11.1 Å². The quantitative estimate of drug-likeness (QED) is 0.312. The molecule has 6 heteroatoms. The molecule has 4 N–H and O–H groups in total. The number of nitrogens with two attached hydrogens (primary N) is 1. The van der Waals surface area contributed by atoms with Gasteiger partial charge in [0.15, 0.2) is 5.17 Å². The normalized spacial score (nSPS) is 11.8. The fourth-order valence-corrected chi connectivity index (χ4v) is 2.66. The molecule has 0 radical (unpaired) electrons. The molecule has 19 heavy (non-hydrogen) atoms. The van der Waals surface area contributed by atoms with Crippen molar-refractivity contribution in [2.45, 2.75) is 25.2 Å². The summed E-state index contributed by atoms with van der Waals surface area (Å²) in [5.74, 6) is 1.11. The van der Waals surface area contributed by atoms with Crippen LogP contribution in [0.25, 0.3) is 0 Å². The van der Waals surface area contributed by atoms with Crippen LogP contribution in [0.1, 0.15) is 30.7 Å². The lowest BCUT2D eigenvalue weighted by atomic mass is 9.95. The van der Waals surface area contributed by atoms with Crippen LogP contribution in [0, 0.1) is 5.41 Å². The van der Waals surface area contributed by atoms with Crippen molar-refractivity contribution in [3.05, 3.63) is 30.1 Å². The molecule has 1 atom stereocenters. The molecule has 1 aromatic heterocycles. The van der Waals surface area contributed by atoms with Crippen LogP contribution < -0.4 is 11.1 Å². The first-order valence-electron chi connectivity index (χ1n) is 6.23. The van der Waals surface area contributed by atoms with Crippen LogP contribution in [0.5, 0.6) is 0 Å². The molecule has 0 saturated carbocycles. The van der Waals surface area contributed by atoms with E-state index in [4.69, 9.17) is 23.4 Å². The Balaban J connectivity index is 2.48. The second kappa shape index (κ2) is 8.87. The molecule has 4 nitrogen and oxygen atoms in total. The van der Waals surface area contributed by atoms with Crippen molar-refractivity contribution in [1.29, 1.82) is 5.41 Å². The maximum absolute atomic E-state index is 7.15. The van der Waals surface area contributed by atoms with Gasteiger partial charge in [0.25, 0.3) is 0 Å². The van der Waals surface area contributed by atoms with Crippen molar-refractivity contribution in [1.82, 2.24) is 10.3 Å². The van der Waals surface area contributed by atoms with E-state index in [1.54, 1.807) is 6.20 Å². The number of hydrogen-bond acceptors (Lipinski definition) is 4. The van der Waals surface area contributed by atoms with Crippen molar-refractivity contribution in [2.24, 2.45) is 5.73 Å². The van der Waals surface area contributed by atoms with Crippen LogP contribution in [-0.4, -0.2) is 27.9 Å². The predicted molar refractivity (Wildman–Crippen MR) is 86.9 cm³/mol. The molecule has 0 aliphatic rings. The minimum atomic E-state index is 0.189. The van der Waals surface area contributed by atoms with Crippen LogP contribution >= 0.6 is 24.0 Å². The highest BCUT2D eigenvalue weighted by Gasteiger charge is 2.15. The number of pyridine rings is 1. The van der Waals surface area contributed by atoms with E-state index in [9.17, 15) is 0 Å². The molecule has 0 amide bonds. The highest BCUT2D eigenvalue weighted by Crippen LogP contribution is 2.23. The van der Waals surface area contributed by atoms with E-state index in [0.29, 0.717) is 0 Å². The number of hydrogen-bond donors (Lipinski definition) is 3. The average molecular weight is 296 g/mol. The highest BCUT2D eigenvalue weighted by atomic mass is 32.2. The van der Waals surface area contributed by atoms with Gasteiger partial charge in [-0.05, 0) is 24.5 Å². The van der Waals surface area contributed by atoms with E-state index in [1.165, 1.54) is 11.8 Å². The molecule has 1 aromatic rings. The second-order valence-corrected chi connectivity index (χ2v) is 5.74. The van der Waals surface area contributed by atoms with Crippen LogP contribution in [-0.2, 0) is 0 Å². The smallest absolute Gasteiger partial charge is 0.151 e. The summed E-state index contributed by atoms with van der Waals surface area (Å²) in [5, 5.41) is 10.4. The Kier molecular flexibility index (Phi) is 7.43. The average Bonchev–Trinajstić information content (AvgIpc) is 2.42. The van der Waals surface area contributed by atoms with Gasteiger partial charge in [0.05, 0.1) is 4.99 Å². The monoisotopic (exact) mass is 296 g/mol. The molecular weight excluding hydrogens is 276 g/mol. The van der Waals surface area contributed by atoms with Crippen LogP contribution in [0.15, 0.2) is 24.5 Å². The number of unbranched alkanes of at least 4 members (excludes halogenated alkanes) is 1. The van der Waals surface area contributed by atoms with E-state index in [0.717, 1.165) is 35.6 Å². The molecule has 0 saturated heterocycles. The fraction of sp³-hybridized carbons (Fsp3) is 0.462. The van der Waals surface area contributed by atoms with Crippen molar-refractivity contribution in [3.8, 4) is 0 Å². The zero-order valence-corrected chi connectivity index (χ0v) is 12.7. The lowest BCUT2D eigenvalue weighted by Gasteiger charge is -2.17. The van der Waals surface area contributed by atoms with E-state index < -0.39 is 0 Å². The molecule has 0 aliphatic carbocycles. The number of nitrogens with zero attached hydrogens (tertiary/aromatic N) is 1. The van der Waals surface area contributed by atoms with Crippen molar-refractivity contribution >= 4 is 34.1 Å². The number of aromatic nitrogens is 1. The molecule has 0 spiro atoms. The summed E-state index contributed by atoms with van der Waals surface area (Å²) in [6, 6.07) is 4.00. The number of amidine groups is 1. The minimum absolute atomic E-state index is 0.189. The van der Waals surface area contributed by atoms with Crippen LogP contribution in [0.2, 0.25) is 0 Å². The molecule has 0 aromatic carbocycles. The molecule has 0 fully saturated rings. The van der Waals surface area contributed by atoms with Gasteiger partial charge in [-0.25, -0.2) is 0 Å². The number of nitrogens with one attached hydrogen (secondary N) is 2. The van der Waals surface area contributed by atoms with E-state index in [2.05, 4.69) is 16.4 Å². The third kappa shape index (κ3) is 6.02. The molecule has 0 bridgehead atoms. The van der Waals surface area contributed by atoms with E-state index >= 15 is 0 Å². The number of thiocarbonyl (C=S) groups is 1. The fourth-order valence-electron chi connectivity index (χ4n) is 1.84. The van der Waals surface area contributed by atoms with Gasteiger partial charge in [-0.15, -0.1) is 0 Å². The Bertz CT molecular complexity index is 408. The second-order valence-electron chi connectivity index (χ2n) is 4.16. The molecular formula is C13H20N4S2. The first-order valence-corrected chi connectivity index (χ1v) is 7.63. The van der Waals surface area contributed by atoms with E-state index in [1.807, 2.05) is 19.3 Å². The topological polar surface area (TPSA) is 74.8 Å². The minimum Gasteiger partial charge on any atom is -0.382 e. The van der Waals surface area contributed by atoms with Gasteiger partial charge in [-0.3, -0.25) is 10.4 Å². The number of thioether (sulfide) groups is 1. The van der Waals surface area contributed by atoms with Gasteiger partial charge in [-0.1, -0.05) is 36.5 Å². The standard InChI is InChI=1S/C13H20N4S2/c1-16-12(18)11(10-5-4-7-17-9-10)6-2-3-8-19-13(14)15/h4-5,7,9,11H,2-3,6,8H2,1H3,(H3,14,15)(H,16,18). The predicted octanol–water partition coefficient (Wildman–Crippen LogP) is 2.51. The zero-order chi connectivity index (χ0) is 14.1. The van der Waals surface area contributed by atoms with Gasteiger partial charge in [0.1, 0.15) is 0 Å². The van der Waals surface area contributed by atoms with Crippen molar-refractivity contribution < 1.29 is 0 Å². The molecule has 1 rings (SSSR count). The first kappa shape index (κ1) is 15.9. The summed E-state index contributed by atoms with van der Waals surface area (Å²) in [6.45, 7) is 0. The summed E-state index contributed by atoms with van der Waals surface area (Å²) in [5.41, 5.74) is 6.46. The maximum Gasteiger partial charge on any atom is 0.151 e. The van der Waals surface area contributed by atoms with Gasteiger partial charge in [0, 0.05) is 31.1 Å². The summed E-state index contributed by atoms with van der Waals surface area (Å²) in [4.78, 5) is 5.01. The van der Waals surface area contributed by atoms with Crippen molar-refractivity contribution in [3.63, 3.8) is 0 Å². The SMILES string of the molecule is CNC(=S)C(CCCCSC(=N)N)c1cccnc1. The molecule has 0 aliphatic heterocycles. The van der Waals surface area contributed by atoms with Crippen molar-refractivity contribution in [2.75, 3.05) is 12.8 Å². The molecule has 104 valence electrons. The Morgan fingerprint density at radius 3 is 2.95 bits per heavy atom. The Hall–Kier alpha value is -1.14. The number of rotatable bonds is 7. The largest absolute Gasteiger partial charge is 0.382 e. The van der Waals surface area contributed by atoms with Gasteiger partial charge >= 0.3 is 0 Å². The third-order valence-electron chi connectivity index (χ3n) is 2.79. The lowest BCUT2D eigenvalue weighted by molar-refractivity contribution is 0.682. The zero-order valence-electron chi connectivity index (χ0n) is 11.1. The third-order valence-corrected chi connectivity index (χ3v) is 4.09. The molecule has 1 unspecified atom stereocenters. The highest BCUT2D eigenvalue weighted by molar-refractivity contribution is 8.13. The van der Waals surface area contributed by atoms with E-state index in [-0.39, 0.29) is 11.1 Å². The van der Waals surface area contributed by atoms with Gasteiger partial charge in [-0.2, -0.15) is 0 Å². The first-order chi connectivity index (χ1) is 9.15. The summed E-state index contributed by atoms with van der Waals surface area (Å²) >= 11 is 6.77. The van der Waals surface area contributed by atoms with Crippen LogP contribution in [0.3, 0.4) is 0 Å². The Labute approximate surface area is 124 Å². The Morgan fingerprint density at radius 2 is 2.37 bits per heavy atom. The van der Waals surface area contributed by atoms with Crippen LogP contribution in [0.4, 0.5) is 0 Å². The number of likely N-dealkylation sites (N-methyl/N-ethyl adjacent to an activating group) is 1. The summed E-state index contributed by atoms with van der Waals surface area (Å²) in [7, 11) is 1.86. The molecule has 1 heterocycles. The maximum atomic E-state index is 7.15. The van der Waals surface area contributed by atoms with Gasteiger partial charge in [0.2, 0.25) is 0 Å². The Morgan fingerprint density at radius 1 is 1.58 bits per heavy atom.